The Labute approximate surface area is 395 Å². The van der Waals surface area contributed by atoms with E-state index in [-0.39, 0.29) is 43.4 Å². The fourth-order valence-electron chi connectivity index (χ4n) is 8.18. The van der Waals surface area contributed by atoms with Gasteiger partial charge in [0, 0.05) is 52.4 Å². The number of nitrogens with zero attached hydrogens (tertiary/aromatic N) is 3. The molecule has 0 saturated carbocycles. The molecule has 4 nitrogen and oxygen atoms in total. The fraction of sp³-hybridized carbons (Fsp3) is 0.172. The molecular formula is C58H52N3OPt-. The summed E-state index contributed by atoms with van der Waals surface area (Å²) < 4.78 is 51.4. The first-order valence-corrected chi connectivity index (χ1v) is 21.0. The van der Waals surface area contributed by atoms with Crippen LogP contribution in [0.2, 0.25) is 0 Å². The van der Waals surface area contributed by atoms with Gasteiger partial charge in [-0.3, -0.25) is 9.55 Å². The third-order valence-electron chi connectivity index (χ3n) is 11.5. The summed E-state index contributed by atoms with van der Waals surface area (Å²) in [6.07, 6.45) is 1.75. The van der Waals surface area contributed by atoms with Crippen molar-refractivity contribution in [2.45, 2.75) is 66.1 Å². The number of benzene rings is 7. The van der Waals surface area contributed by atoms with E-state index < -0.39 is 19.1 Å². The molecule has 0 amide bonds. The SMILES string of the molecule is [2H]C([2H])([2H])c1ccc(-c2ccnc(-c3[c-]c(-c4cccc5c4nc(-c4cc(C(C)(C)C)cc(C(C)(C)C)c4O)n5-c4cc(-c5ccccc5)cc(C([2H])([2H])[2H])c4)cc(-c4ccccc4)c3)c2)cc1.[Pt]. The number of aryl methyl sites for hydroxylation is 2. The van der Waals surface area contributed by atoms with E-state index >= 15 is 0 Å². The quantitative estimate of drug-likeness (QED) is 0.162. The maximum Gasteiger partial charge on any atom is 0.148 e. The Kier molecular flexibility index (Phi) is 9.80. The van der Waals surface area contributed by atoms with Gasteiger partial charge in [0.15, 0.2) is 0 Å². The Morgan fingerprint density at radius 1 is 0.556 bits per heavy atom. The number of pyridine rings is 1. The standard InChI is InChI=1S/C58H52N3O.Pt/c1-37-22-24-41(25-23-37)42-26-27-59-52(34-42)46-31-44(40-18-13-10-14-19-40)30-45(32-46)49-20-15-21-53-54(49)60-56(50-35-47(57(3,4)5)36-51(55(50)62)58(6,7)8)61(53)48-29-38(2)28-43(33-48)39-16-11-9-12-17-39;/h9-31,33-36,62H,1-8H3;/q-1;/i1D3,2D3;. The zero-order chi connectivity index (χ0) is 48.3. The van der Waals surface area contributed by atoms with E-state index in [0.717, 1.165) is 61.2 Å². The Morgan fingerprint density at radius 2 is 1.21 bits per heavy atom. The van der Waals surface area contributed by atoms with Crippen molar-refractivity contribution in [3.05, 3.63) is 192 Å². The zero-order valence-electron chi connectivity index (χ0n) is 42.2. The summed E-state index contributed by atoms with van der Waals surface area (Å²) in [5.41, 5.74) is 12.2. The van der Waals surface area contributed by atoms with E-state index in [1.165, 1.54) is 0 Å². The molecule has 2 aromatic heterocycles. The average Bonchev–Trinajstić information content (AvgIpc) is 3.70. The molecule has 0 aliphatic heterocycles. The van der Waals surface area contributed by atoms with Crippen molar-refractivity contribution in [3.63, 3.8) is 0 Å². The van der Waals surface area contributed by atoms with Gasteiger partial charge in [-0.2, -0.15) is 0 Å². The van der Waals surface area contributed by atoms with Gasteiger partial charge in [-0.25, -0.2) is 4.98 Å². The van der Waals surface area contributed by atoms with Crippen LogP contribution >= 0.6 is 0 Å². The van der Waals surface area contributed by atoms with E-state index in [1.807, 2.05) is 108 Å². The van der Waals surface area contributed by atoms with Gasteiger partial charge in [-0.05, 0) is 93.8 Å². The molecule has 0 saturated heterocycles. The second-order valence-corrected chi connectivity index (χ2v) is 18.1. The molecule has 0 atom stereocenters. The Hall–Kier alpha value is -6.35. The van der Waals surface area contributed by atoms with E-state index in [1.54, 1.807) is 30.5 Å². The van der Waals surface area contributed by atoms with Crippen LogP contribution in [0.15, 0.2) is 164 Å². The maximum absolute atomic E-state index is 12.5. The molecule has 1 N–H and O–H groups in total. The second kappa shape index (κ2) is 17.1. The number of rotatable bonds is 7. The molecule has 0 spiro atoms. The van der Waals surface area contributed by atoms with Gasteiger partial charge in [0.2, 0.25) is 0 Å². The average molecular weight is 1010 g/mol. The molecule has 0 unspecified atom stereocenters. The number of imidazole rings is 1. The van der Waals surface area contributed by atoms with E-state index in [0.29, 0.717) is 33.8 Å². The predicted octanol–water partition coefficient (Wildman–Crippen LogP) is 15.1. The van der Waals surface area contributed by atoms with Gasteiger partial charge in [0.1, 0.15) is 11.6 Å². The van der Waals surface area contributed by atoms with Crippen molar-refractivity contribution in [2.75, 3.05) is 0 Å². The number of hydrogen-bond donors (Lipinski definition) is 1. The van der Waals surface area contributed by atoms with Crippen molar-refractivity contribution in [1.29, 1.82) is 0 Å². The molecule has 9 aromatic rings. The van der Waals surface area contributed by atoms with Crippen LogP contribution in [0.25, 0.3) is 83.9 Å². The van der Waals surface area contributed by atoms with Crippen LogP contribution in [-0.2, 0) is 31.9 Å². The first-order chi connectivity index (χ1) is 32.1. The maximum atomic E-state index is 12.5. The number of hydrogen-bond acceptors (Lipinski definition) is 3. The summed E-state index contributed by atoms with van der Waals surface area (Å²) >= 11 is 0. The minimum atomic E-state index is -2.43. The first kappa shape index (κ1) is 36.2. The van der Waals surface area contributed by atoms with E-state index in [4.69, 9.17) is 18.2 Å². The number of phenolic OH excluding ortho intramolecular Hbond substituents is 1. The van der Waals surface area contributed by atoms with Gasteiger partial charge in [-0.15, -0.1) is 23.8 Å². The predicted molar refractivity (Wildman–Crippen MR) is 259 cm³/mol. The zero-order valence-corrected chi connectivity index (χ0v) is 38.5. The van der Waals surface area contributed by atoms with E-state index in [9.17, 15) is 5.11 Å². The van der Waals surface area contributed by atoms with Crippen LogP contribution in [0, 0.1) is 19.8 Å². The topological polar surface area (TPSA) is 50.9 Å². The normalized spacial score (nSPS) is 13.6. The molecule has 2 heterocycles. The molecule has 0 fully saturated rings. The molecule has 0 aliphatic rings. The minimum absolute atomic E-state index is 0. The first-order valence-electron chi connectivity index (χ1n) is 24.0. The van der Waals surface area contributed by atoms with Crippen molar-refractivity contribution in [1.82, 2.24) is 14.5 Å². The van der Waals surface area contributed by atoms with Crippen LogP contribution in [-0.4, -0.2) is 19.6 Å². The molecule has 5 heteroatoms. The largest absolute Gasteiger partial charge is 0.507 e. The third kappa shape index (κ3) is 8.70. The minimum Gasteiger partial charge on any atom is -0.507 e. The summed E-state index contributed by atoms with van der Waals surface area (Å²) in [7, 11) is 0. The summed E-state index contributed by atoms with van der Waals surface area (Å²) in [6.45, 7) is 8.06. The Bertz CT molecular complexity index is 3330. The van der Waals surface area contributed by atoms with Gasteiger partial charge >= 0.3 is 0 Å². The number of aromatic nitrogens is 3. The summed E-state index contributed by atoms with van der Waals surface area (Å²) in [6, 6.07) is 54.1. The molecule has 0 radical (unpaired) electrons. The molecule has 0 bridgehead atoms. The van der Waals surface area contributed by atoms with Gasteiger partial charge in [-0.1, -0.05) is 179 Å². The molecule has 316 valence electrons. The third-order valence-corrected chi connectivity index (χ3v) is 11.5. The van der Waals surface area contributed by atoms with Crippen LogP contribution in [0.3, 0.4) is 0 Å². The van der Waals surface area contributed by atoms with Crippen LogP contribution in [0.1, 0.15) is 72.0 Å². The number of fused-ring (bicyclic) bond motifs is 1. The van der Waals surface area contributed by atoms with E-state index in [2.05, 4.69) is 77.9 Å². The Balaban J connectivity index is 0.00000642. The van der Waals surface area contributed by atoms with Gasteiger partial charge in [0.05, 0.1) is 16.6 Å². The summed E-state index contributed by atoms with van der Waals surface area (Å²) in [5, 5.41) is 12.5. The molecule has 63 heavy (non-hydrogen) atoms. The monoisotopic (exact) mass is 1010 g/mol. The number of para-hydroxylation sites is 1. The number of aromatic hydroxyl groups is 1. The molecule has 7 aromatic carbocycles. The van der Waals surface area contributed by atoms with Crippen molar-refractivity contribution in [3.8, 4) is 78.6 Å². The fourth-order valence-corrected chi connectivity index (χ4v) is 8.18. The summed E-state index contributed by atoms with van der Waals surface area (Å²) in [5.74, 6) is 0.569. The van der Waals surface area contributed by atoms with Crippen molar-refractivity contribution in [2.24, 2.45) is 0 Å². The van der Waals surface area contributed by atoms with Crippen molar-refractivity contribution < 1.29 is 34.4 Å². The number of phenols is 1. The van der Waals surface area contributed by atoms with Crippen LogP contribution in [0.5, 0.6) is 5.75 Å². The molecule has 9 rings (SSSR count). The second-order valence-electron chi connectivity index (χ2n) is 18.1. The van der Waals surface area contributed by atoms with Crippen molar-refractivity contribution >= 4 is 11.0 Å². The molecule has 0 aliphatic carbocycles. The van der Waals surface area contributed by atoms with Gasteiger partial charge < -0.3 is 5.11 Å². The van der Waals surface area contributed by atoms with Gasteiger partial charge in [0.25, 0.3) is 0 Å². The molecular weight excluding hydrogens is 950 g/mol. The van der Waals surface area contributed by atoms with Crippen LogP contribution < -0.4 is 0 Å². The van der Waals surface area contributed by atoms with Crippen LogP contribution in [0.4, 0.5) is 0 Å². The Morgan fingerprint density at radius 3 is 1.86 bits per heavy atom. The summed E-state index contributed by atoms with van der Waals surface area (Å²) in [4.78, 5) is 10.3. The smallest absolute Gasteiger partial charge is 0.148 e.